The molecule has 6 heteroatoms. The first kappa shape index (κ1) is 16.8. The molecule has 0 amide bonds. The maximum absolute atomic E-state index is 11.6. The number of rotatable bonds is 5. The molecule has 3 fully saturated rings. The van der Waals surface area contributed by atoms with Gasteiger partial charge in [-0.3, -0.25) is 9.69 Å². The molecule has 1 N–H and O–H groups in total. The number of likely N-dealkylation sites (tertiary alicyclic amines) is 1. The van der Waals surface area contributed by atoms with E-state index >= 15 is 0 Å². The van der Waals surface area contributed by atoms with Gasteiger partial charge in [-0.05, 0) is 50.5 Å². The second-order valence-corrected chi connectivity index (χ2v) is 8.09. The second kappa shape index (κ2) is 6.56. The van der Waals surface area contributed by atoms with Crippen LogP contribution in [0.25, 0.3) is 0 Å². The summed E-state index contributed by atoms with van der Waals surface area (Å²) in [4.78, 5) is 25.1. The van der Waals surface area contributed by atoms with Gasteiger partial charge in [-0.1, -0.05) is 6.92 Å². The lowest BCUT2D eigenvalue weighted by Crippen LogP contribution is -2.42. The molecule has 3 heterocycles. The largest absolute Gasteiger partial charge is 0.480 e. The lowest BCUT2D eigenvalue weighted by Gasteiger charge is -2.40. The van der Waals surface area contributed by atoms with E-state index in [0.29, 0.717) is 5.92 Å². The second-order valence-electron chi connectivity index (χ2n) is 8.09. The minimum Gasteiger partial charge on any atom is -0.480 e. The molecule has 1 spiro atoms. The number of hydrogen-bond acceptors (Lipinski definition) is 5. The van der Waals surface area contributed by atoms with Crippen molar-refractivity contribution in [3.63, 3.8) is 0 Å². The molecule has 4 rings (SSSR count). The third-order valence-electron chi connectivity index (χ3n) is 6.22. The van der Waals surface area contributed by atoms with Crippen molar-refractivity contribution < 1.29 is 9.90 Å². The highest BCUT2D eigenvalue weighted by atomic mass is 16.4. The van der Waals surface area contributed by atoms with Crippen molar-refractivity contribution in [2.24, 2.45) is 5.41 Å². The molecule has 0 bridgehead atoms. The molecule has 2 saturated heterocycles. The van der Waals surface area contributed by atoms with Gasteiger partial charge >= 0.3 is 5.97 Å². The molecule has 136 valence electrons. The molecule has 1 aromatic rings. The maximum Gasteiger partial charge on any atom is 0.320 e. The van der Waals surface area contributed by atoms with Crippen molar-refractivity contribution in [2.45, 2.75) is 57.4 Å². The molecule has 1 saturated carbocycles. The Morgan fingerprint density at radius 3 is 2.72 bits per heavy atom. The summed E-state index contributed by atoms with van der Waals surface area (Å²) < 4.78 is 0. The normalized spacial score (nSPS) is 26.3. The number of carboxylic acid groups (broad SMARTS) is 1. The summed E-state index contributed by atoms with van der Waals surface area (Å²) in [6.45, 7) is 5.88. The standard InChI is InChI=1S/C19H28N4O2/c1-2-7-23-12-19(11-16(23)18(24)25)5-8-22(9-6-19)17-10-15(14-3-4-14)20-13-21-17/h10,13-14,16H,2-9,11-12H2,1H3,(H,24,25)/t16-/m0/s1. The van der Waals surface area contributed by atoms with Gasteiger partial charge in [0.25, 0.3) is 0 Å². The average Bonchev–Trinajstić information content (AvgIpc) is 3.40. The van der Waals surface area contributed by atoms with Crippen LogP contribution in [0.3, 0.4) is 0 Å². The number of hydrogen-bond donors (Lipinski definition) is 1. The van der Waals surface area contributed by atoms with Crippen molar-refractivity contribution in [1.29, 1.82) is 0 Å². The van der Waals surface area contributed by atoms with Gasteiger partial charge < -0.3 is 10.0 Å². The average molecular weight is 344 g/mol. The van der Waals surface area contributed by atoms with Crippen LogP contribution in [0.2, 0.25) is 0 Å². The zero-order chi connectivity index (χ0) is 17.4. The smallest absolute Gasteiger partial charge is 0.320 e. The zero-order valence-electron chi connectivity index (χ0n) is 15.0. The molecule has 6 nitrogen and oxygen atoms in total. The van der Waals surface area contributed by atoms with Crippen LogP contribution >= 0.6 is 0 Å². The van der Waals surface area contributed by atoms with E-state index in [1.807, 2.05) is 0 Å². The summed E-state index contributed by atoms with van der Waals surface area (Å²) in [7, 11) is 0. The molecule has 2 aliphatic heterocycles. The Hall–Kier alpha value is -1.69. The first-order chi connectivity index (χ1) is 12.1. The van der Waals surface area contributed by atoms with E-state index in [1.165, 1.54) is 18.5 Å². The van der Waals surface area contributed by atoms with Crippen LogP contribution in [-0.4, -0.2) is 58.2 Å². The molecule has 3 aliphatic rings. The Morgan fingerprint density at radius 2 is 2.08 bits per heavy atom. The van der Waals surface area contributed by atoms with Gasteiger partial charge in [-0.15, -0.1) is 0 Å². The van der Waals surface area contributed by atoms with Gasteiger partial charge in [0.05, 0.1) is 0 Å². The van der Waals surface area contributed by atoms with Crippen LogP contribution in [0.15, 0.2) is 12.4 Å². The Balaban J connectivity index is 1.42. The molecular formula is C19H28N4O2. The summed E-state index contributed by atoms with van der Waals surface area (Å²) in [6.07, 6.45) is 8.13. The SMILES string of the molecule is CCCN1CC2(CCN(c3cc(C4CC4)ncn3)CC2)C[C@H]1C(=O)O. The quantitative estimate of drug-likeness (QED) is 0.885. The molecule has 25 heavy (non-hydrogen) atoms. The van der Waals surface area contributed by atoms with Crippen LogP contribution in [0.5, 0.6) is 0 Å². The Morgan fingerprint density at radius 1 is 1.32 bits per heavy atom. The number of carbonyl (C=O) groups is 1. The summed E-state index contributed by atoms with van der Waals surface area (Å²) in [5.41, 5.74) is 1.35. The first-order valence-electron chi connectivity index (χ1n) is 9.64. The van der Waals surface area contributed by atoms with Gasteiger partial charge in [0.2, 0.25) is 0 Å². The van der Waals surface area contributed by atoms with Gasteiger partial charge in [-0.25, -0.2) is 9.97 Å². The highest BCUT2D eigenvalue weighted by molar-refractivity contribution is 5.74. The predicted molar refractivity (Wildman–Crippen MR) is 95.8 cm³/mol. The van der Waals surface area contributed by atoms with E-state index in [9.17, 15) is 9.90 Å². The fraction of sp³-hybridized carbons (Fsp3) is 0.737. The van der Waals surface area contributed by atoms with Crippen molar-refractivity contribution >= 4 is 11.8 Å². The Labute approximate surface area is 149 Å². The minimum atomic E-state index is -0.655. The van der Waals surface area contributed by atoms with Gasteiger partial charge in [-0.2, -0.15) is 0 Å². The van der Waals surface area contributed by atoms with E-state index in [2.05, 4.69) is 32.8 Å². The summed E-state index contributed by atoms with van der Waals surface area (Å²) in [6, 6.07) is 1.86. The highest BCUT2D eigenvalue weighted by Gasteiger charge is 2.47. The number of anilines is 1. The van der Waals surface area contributed by atoms with E-state index in [4.69, 9.17) is 0 Å². The monoisotopic (exact) mass is 344 g/mol. The van der Waals surface area contributed by atoms with E-state index in [1.54, 1.807) is 6.33 Å². The molecule has 1 aromatic heterocycles. The molecule has 0 radical (unpaired) electrons. The third kappa shape index (κ3) is 3.36. The highest BCUT2D eigenvalue weighted by Crippen LogP contribution is 2.44. The van der Waals surface area contributed by atoms with Crippen LogP contribution in [0.1, 0.15) is 57.1 Å². The molecular weight excluding hydrogens is 316 g/mol. The summed E-state index contributed by atoms with van der Waals surface area (Å²) in [5, 5.41) is 9.57. The lowest BCUT2D eigenvalue weighted by atomic mass is 9.76. The molecule has 1 atom stereocenters. The molecule has 1 aliphatic carbocycles. The van der Waals surface area contributed by atoms with Gasteiger partial charge in [0, 0.05) is 37.3 Å². The summed E-state index contributed by atoms with van der Waals surface area (Å²) in [5.74, 6) is 1.04. The van der Waals surface area contributed by atoms with Crippen molar-refractivity contribution in [3.8, 4) is 0 Å². The van der Waals surface area contributed by atoms with Gasteiger partial charge in [0.15, 0.2) is 0 Å². The number of aromatic nitrogens is 2. The summed E-state index contributed by atoms with van der Waals surface area (Å²) >= 11 is 0. The number of piperidine rings is 1. The number of carboxylic acids is 1. The van der Waals surface area contributed by atoms with Crippen molar-refractivity contribution in [2.75, 3.05) is 31.1 Å². The lowest BCUT2D eigenvalue weighted by molar-refractivity contribution is -0.142. The van der Waals surface area contributed by atoms with Crippen LogP contribution in [0, 0.1) is 5.41 Å². The molecule has 0 aromatic carbocycles. The number of aliphatic carboxylic acids is 1. The van der Waals surface area contributed by atoms with E-state index < -0.39 is 5.97 Å². The first-order valence-corrected chi connectivity index (χ1v) is 9.64. The van der Waals surface area contributed by atoms with Crippen LogP contribution in [-0.2, 0) is 4.79 Å². The zero-order valence-corrected chi connectivity index (χ0v) is 15.0. The number of nitrogens with zero attached hydrogens (tertiary/aromatic N) is 4. The topological polar surface area (TPSA) is 69.6 Å². The Kier molecular flexibility index (Phi) is 4.40. The van der Waals surface area contributed by atoms with Crippen LogP contribution in [0.4, 0.5) is 5.82 Å². The van der Waals surface area contributed by atoms with Crippen molar-refractivity contribution in [1.82, 2.24) is 14.9 Å². The third-order valence-corrected chi connectivity index (χ3v) is 6.22. The van der Waals surface area contributed by atoms with Crippen molar-refractivity contribution in [3.05, 3.63) is 18.1 Å². The van der Waals surface area contributed by atoms with Gasteiger partial charge in [0.1, 0.15) is 18.2 Å². The fourth-order valence-electron chi connectivity index (χ4n) is 4.62. The predicted octanol–water partition coefficient (Wildman–Crippen LogP) is 2.51. The van der Waals surface area contributed by atoms with E-state index in [0.717, 1.165) is 57.7 Å². The fourth-order valence-corrected chi connectivity index (χ4v) is 4.62. The molecule has 0 unspecified atom stereocenters. The minimum absolute atomic E-state index is 0.168. The maximum atomic E-state index is 11.6. The van der Waals surface area contributed by atoms with Crippen LogP contribution < -0.4 is 4.90 Å². The Bertz CT molecular complexity index is 638. The van der Waals surface area contributed by atoms with E-state index in [-0.39, 0.29) is 11.5 Å².